The maximum Gasteiger partial charge on any atom is 0.232 e. The molecule has 0 atom stereocenters. The summed E-state index contributed by atoms with van der Waals surface area (Å²) < 4.78 is 5.40. The minimum absolute atomic E-state index is 0.220. The van der Waals surface area contributed by atoms with E-state index in [9.17, 15) is 4.79 Å². The van der Waals surface area contributed by atoms with Crippen LogP contribution in [-0.4, -0.2) is 36.0 Å². The molecule has 0 bridgehead atoms. The number of hydrogen-bond acceptors (Lipinski definition) is 2. The van der Waals surface area contributed by atoms with Crippen LogP contribution in [0.15, 0.2) is 54.7 Å². The van der Waals surface area contributed by atoms with Crippen LogP contribution in [-0.2, 0) is 10.2 Å². The van der Waals surface area contributed by atoms with Crippen molar-refractivity contribution >= 4 is 16.8 Å². The van der Waals surface area contributed by atoms with Crippen molar-refractivity contribution in [2.24, 2.45) is 0 Å². The Balaban J connectivity index is 1.48. The molecule has 2 aromatic carbocycles. The van der Waals surface area contributed by atoms with E-state index in [0.29, 0.717) is 5.92 Å². The molecule has 1 fully saturated rings. The predicted molar refractivity (Wildman–Crippen MR) is 113 cm³/mol. The molecule has 3 aromatic rings. The fourth-order valence-corrected chi connectivity index (χ4v) is 4.35. The van der Waals surface area contributed by atoms with E-state index < -0.39 is 5.41 Å². The minimum atomic E-state index is -0.498. The lowest BCUT2D eigenvalue weighted by molar-refractivity contribution is -0.137. The summed E-state index contributed by atoms with van der Waals surface area (Å²) in [4.78, 5) is 18.6. The maximum absolute atomic E-state index is 13.2. The van der Waals surface area contributed by atoms with Gasteiger partial charge < -0.3 is 14.6 Å². The van der Waals surface area contributed by atoms with Crippen molar-refractivity contribution in [1.29, 1.82) is 0 Å². The molecule has 1 aliphatic heterocycles. The number of fused-ring (bicyclic) bond motifs is 1. The number of aromatic nitrogens is 1. The Bertz CT molecular complexity index is 967. The van der Waals surface area contributed by atoms with Crippen LogP contribution >= 0.6 is 0 Å². The topological polar surface area (TPSA) is 45.3 Å². The lowest BCUT2D eigenvalue weighted by atomic mass is 9.81. The van der Waals surface area contributed by atoms with Gasteiger partial charge in [-0.3, -0.25) is 4.79 Å². The van der Waals surface area contributed by atoms with Crippen LogP contribution in [0.5, 0.6) is 5.75 Å². The number of H-pyrrole nitrogens is 1. The highest BCUT2D eigenvalue weighted by atomic mass is 16.5. The lowest BCUT2D eigenvalue weighted by Crippen LogP contribution is -2.46. The first kappa shape index (κ1) is 18.6. The summed E-state index contributed by atoms with van der Waals surface area (Å²) >= 11 is 0. The number of likely N-dealkylation sites (tertiary alicyclic amines) is 1. The van der Waals surface area contributed by atoms with Gasteiger partial charge in [0.1, 0.15) is 5.75 Å². The number of ether oxygens (including phenoxy) is 1. The number of carbonyl (C=O) groups excluding carboxylic acids is 1. The number of hydrogen-bond donors (Lipinski definition) is 1. The van der Waals surface area contributed by atoms with Crippen molar-refractivity contribution in [3.63, 3.8) is 0 Å². The summed E-state index contributed by atoms with van der Waals surface area (Å²) in [7, 11) is 1.70. The zero-order valence-corrected chi connectivity index (χ0v) is 16.9. The number of aromatic amines is 1. The Morgan fingerprint density at radius 3 is 2.50 bits per heavy atom. The Labute approximate surface area is 166 Å². The van der Waals surface area contributed by atoms with E-state index in [1.165, 1.54) is 10.9 Å². The maximum atomic E-state index is 13.2. The molecule has 1 amide bonds. The van der Waals surface area contributed by atoms with E-state index in [1.54, 1.807) is 7.11 Å². The van der Waals surface area contributed by atoms with E-state index in [2.05, 4.69) is 23.3 Å². The second-order valence-corrected chi connectivity index (χ2v) is 8.21. The van der Waals surface area contributed by atoms with Gasteiger partial charge in [-0.05, 0) is 61.9 Å². The van der Waals surface area contributed by atoms with Crippen LogP contribution < -0.4 is 4.74 Å². The fraction of sp³-hybridized carbons (Fsp3) is 0.375. The second kappa shape index (κ2) is 7.34. The van der Waals surface area contributed by atoms with E-state index in [-0.39, 0.29) is 5.91 Å². The molecule has 0 spiro atoms. The molecule has 1 N–H and O–H groups in total. The first-order chi connectivity index (χ1) is 13.5. The molecule has 2 heterocycles. The number of benzene rings is 2. The van der Waals surface area contributed by atoms with E-state index in [1.807, 2.05) is 55.1 Å². The third kappa shape index (κ3) is 3.28. The first-order valence-electron chi connectivity index (χ1n) is 10.0. The standard InChI is InChI=1S/C24H28N2O2/c1-24(2,18-7-5-4-6-8-18)23(27)26-13-11-17(12-14-26)21-16-25-22-10-9-19(28-3)15-20(21)22/h4-10,15-17,25H,11-14H2,1-3H3. The average molecular weight is 377 g/mol. The van der Waals surface area contributed by atoms with Crippen molar-refractivity contribution in [1.82, 2.24) is 9.88 Å². The number of nitrogens with one attached hydrogen (secondary N) is 1. The van der Waals surface area contributed by atoms with Gasteiger partial charge in [-0.2, -0.15) is 0 Å². The van der Waals surface area contributed by atoms with Gasteiger partial charge in [0.05, 0.1) is 12.5 Å². The minimum Gasteiger partial charge on any atom is -0.497 e. The molecule has 28 heavy (non-hydrogen) atoms. The molecule has 4 nitrogen and oxygen atoms in total. The van der Waals surface area contributed by atoms with Gasteiger partial charge in [-0.15, -0.1) is 0 Å². The first-order valence-corrected chi connectivity index (χ1v) is 10.0. The number of carbonyl (C=O) groups is 1. The monoisotopic (exact) mass is 376 g/mol. The third-order valence-corrected chi connectivity index (χ3v) is 6.17. The van der Waals surface area contributed by atoms with Crippen LogP contribution in [0, 0.1) is 0 Å². The molecule has 0 aliphatic carbocycles. The van der Waals surface area contributed by atoms with Gasteiger partial charge in [0.25, 0.3) is 0 Å². The summed E-state index contributed by atoms with van der Waals surface area (Å²) in [5.41, 5.74) is 3.05. The highest BCUT2D eigenvalue weighted by molar-refractivity contribution is 5.88. The predicted octanol–water partition coefficient (Wildman–Crippen LogP) is 4.86. The highest BCUT2D eigenvalue weighted by Gasteiger charge is 2.35. The van der Waals surface area contributed by atoms with E-state index in [4.69, 9.17) is 4.74 Å². The Hall–Kier alpha value is -2.75. The molecule has 4 rings (SSSR count). The second-order valence-electron chi connectivity index (χ2n) is 8.21. The smallest absolute Gasteiger partial charge is 0.232 e. The summed E-state index contributed by atoms with van der Waals surface area (Å²) in [6.45, 7) is 5.66. The van der Waals surface area contributed by atoms with Crippen LogP contribution in [0.4, 0.5) is 0 Å². The molecule has 1 saturated heterocycles. The summed E-state index contributed by atoms with van der Waals surface area (Å²) in [5.74, 6) is 1.56. The lowest BCUT2D eigenvalue weighted by Gasteiger charge is -2.37. The zero-order chi connectivity index (χ0) is 19.7. The molecular weight excluding hydrogens is 348 g/mol. The molecule has 0 radical (unpaired) electrons. The number of methoxy groups -OCH3 is 1. The molecule has 146 valence electrons. The molecule has 1 aliphatic rings. The Morgan fingerprint density at radius 1 is 1.11 bits per heavy atom. The largest absolute Gasteiger partial charge is 0.497 e. The number of nitrogens with zero attached hydrogens (tertiary/aromatic N) is 1. The van der Waals surface area contributed by atoms with Gasteiger partial charge in [-0.25, -0.2) is 0 Å². The molecule has 0 saturated carbocycles. The highest BCUT2D eigenvalue weighted by Crippen LogP contribution is 2.36. The molecule has 4 heteroatoms. The Morgan fingerprint density at radius 2 is 1.82 bits per heavy atom. The van der Waals surface area contributed by atoms with Crippen molar-refractivity contribution in [3.8, 4) is 5.75 Å². The quantitative estimate of drug-likeness (QED) is 0.707. The van der Waals surface area contributed by atoms with Gasteiger partial charge >= 0.3 is 0 Å². The fourth-order valence-electron chi connectivity index (χ4n) is 4.35. The summed E-state index contributed by atoms with van der Waals surface area (Å²) in [6, 6.07) is 16.2. The summed E-state index contributed by atoms with van der Waals surface area (Å²) in [5, 5.41) is 1.23. The summed E-state index contributed by atoms with van der Waals surface area (Å²) in [6.07, 6.45) is 4.10. The number of rotatable bonds is 4. The average Bonchev–Trinajstić information content (AvgIpc) is 3.17. The Kier molecular flexibility index (Phi) is 4.88. The van der Waals surface area contributed by atoms with Crippen LogP contribution in [0.1, 0.15) is 43.7 Å². The zero-order valence-electron chi connectivity index (χ0n) is 16.9. The van der Waals surface area contributed by atoms with Crippen LogP contribution in [0.3, 0.4) is 0 Å². The van der Waals surface area contributed by atoms with Gasteiger partial charge in [0, 0.05) is 30.2 Å². The molecule has 0 unspecified atom stereocenters. The van der Waals surface area contributed by atoms with Crippen molar-refractivity contribution in [2.45, 2.75) is 38.0 Å². The number of amides is 1. The SMILES string of the molecule is COc1ccc2[nH]cc(C3CCN(C(=O)C(C)(C)c4ccccc4)CC3)c2c1. The number of piperidine rings is 1. The third-order valence-electron chi connectivity index (χ3n) is 6.17. The van der Waals surface area contributed by atoms with Crippen molar-refractivity contribution in [2.75, 3.05) is 20.2 Å². The van der Waals surface area contributed by atoms with Crippen LogP contribution in [0.25, 0.3) is 10.9 Å². The van der Waals surface area contributed by atoms with E-state index >= 15 is 0 Å². The van der Waals surface area contributed by atoms with Crippen molar-refractivity contribution in [3.05, 3.63) is 65.9 Å². The van der Waals surface area contributed by atoms with Gasteiger partial charge in [0.2, 0.25) is 5.91 Å². The normalized spacial score (nSPS) is 15.8. The molecular formula is C24H28N2O2. The van der Waals surface area contributed by atoms with E-state index in [0.717, 1.165) is 42.8 Å². The van der Waals surface area contributed by atoms with Crippen molar-refractivity contribution < 1.29 is 9.53 Å². The van der Waals surface area contributed by atoms with Gasteiger partial charge in [0.15, 0.2) is 0 Å². The molecule has 1 aromatic heterocycles. The van der Waals surface area contributed by atoms with Crippen LogP contribution in [0.2, 0.25) is 0 Å². The van der Waals surface area contributed by atoms with Gasteiger partial charge in [-0.1, -0.05) is 30.3 Å².